The van der Waals surface area contributed by atoms with Crippen LogP contribution in [-0.2, 0) is 10.2 Å². The lowest BCUT2D eigenvalue weighted by Crippen LogP contribution is -2.54. The van der Waals surface area contributed by atoms with Crippen molar-refractivity contribution in [1.29, 1.82) is 0 Å². The van der Waals surface area contributed by atoms with Gasteiger partial charge in [-0.15, -0.1) is 0 Å². The quantitative estimate of drug-likeness (QED) is 0.389. The highest BCUT2D eigenvalue weighted by molar-refractivity contribution is 7.87. The molecule has 218 valence electrons. The van der Waals surface area contributed by atoms with E-state index in [9.17, 15) is 17.6 Å². The van der Waals surface area contributed by atoms with Gasteiger partial charge in [-0.25, -0.2) is 4.39 Å². The SMILES string of the molecule is COc1ccccc1C(=O)NC(c1ccccc1)C1CCC(NS(=O)(=O)N2CCN(c3ccc(F)cc3)CC2)CC1. The molecule has 0 aromatic heterocycles. The summed E-state index contributed by atoms with van der Waals surface area (Å²) in [6, 6.07) is 23.0. The van der Waals surface area contributed by atoms with Gasteiger partial charge in [0.1, 0.15) is 11.6 Å². The Kier molecular flexibility index (Phi) is 9.22. The maximum atomic E-state index is 13.3. The van der Waals surface area contributed by atoms with Gasteiger partial charge < -0.3 is 15.0 Å². The lowest BCUT2D eigenvalue weighted by Gasteiger charge is -2.38. The summed E-state index contributed by atoms with van der Waals surface area (Å²) >= 11 is 0. The molecule has 0 bridgehead atoms. The maximum Gasteiger partial charge on any atom is 0.279 e. The van der Waals surface area contributed by atoms with Gasteiger partial charge in [-0.05, 0) is 73.6 Å². The monoisotopic (exact) mass is 580 g/mol. The molecule has 1 aliphatic heterocycles. The summed E-state index contributed by atoms with van der Waals surface area (Å²) in [5.74, 6) is 0.200. The number of carbonyl (C=O) groups is 1. The van der Waals surface area contributed by atoms with E-state index in [4.69, 9.17) is 4.74 Å². The molecule has 1 saturated heterocycles. The van der Waals surface area contributed by atoms with Crippen LogP contribution in [0.4, 0.5) is 10.1 Å². The highest BCUT2D eigenvalue weighted by atomic mass is 32.2. The van der Waals surface area contributed by atoms with Crippen molar-refractivity contribution in [3.63, 3.8) is 0 Å². The molecule has 2 aliphatic rings. The average molecular weight is 581 g/mol. The third-order valence-electron chi connectivity index (χ3n) is 8.13. The zero-order valence-electron chi connectivity index (χ0n) is 23.2. The van der Waals surface area contributed by atoms with E-state index in [0.29, 0.717) is 50.3 Å². The number of methoxy groups -OCH3 is 1. The molecule has 2 fully saturated rings. The Morgan fingerprint density at radius 1 is 0.878 bits per heavy atom. The summed E-state index contributed by atoms with van der Waals surface area (Å²) < 4.78 is 49.5. The van der Waals surface area contributed by atoms with Crippen molar-refractivity contribution in [2.24, 2.45) is 5.92 Å². The molecule has 1 heterocycles. The molecule has 0 radical (unpaired) electrons. The number of rotatable bonds is 9. The normalized spacial score (nSPS) is 20.8. The third-order valence-corrected chi connectivity index (χ3v) is 9.80. The van der Waals surface area contributed by atoms with Gasteiger partial charge in [0.15, 0.2) is 0 Å². The van der Waals surface area contributed by atoms with Gasteiger partial charge in [0, 0.05) is 37.9 Å². The van der Waals surface area contributed by atoms with E-state index in [1.165, 1.54) is 16.4 Å². The van der Waals surface area contributed by atoms with Crippen LogP contribution in [0.2, 0.25) is 0 Å². The van der Waals surface area contributed by atoms with Crippen LogP contribution in [-0.4, -0.2) is 58.0 Å². The van der Waals surface area contributed by atoms with E-state index in [2.05, 4.69) is 14.9 Å². The van der Waals surface area contributed by atoms with Crippen molar-refractivity contribution in [3.8, 4) is 5.75 Å². The molecule has 0 spiro atoms. The summed E-state index contributed by atoms with van der Waals surface area (Å²) in [5.41, 5.74) is 2.40. The molecule has 1 unspecified atom stereocenters. The molecule has 41 heavy (non-hydrogen) atoms. The van der Waals surface area contributed by atoms with Crippen LogP contribution in [0.5, 0.6) is 5.75 Å². The van der Waals surface area contributed by atoms with Gasteiger partial charge in [0.25, 0.3) is 16.1 Å². The second-order valence-corrected chi connectivity index (χ2v) is 12.4. The van der Waals surface area contributed by atoms with Crippen molar-refractivity contribution >= 4 is 21.8 Å². The second kappa shape index (κ2) is 13.0. The van der Waals surface area contributed by atoms with Crippen molar-refractivity contribution in [1.82, 2.24) is 14.3 Å². The molecule has 1 saturated carbocycles. The largest absolute Gasteiger partial charge is 0.496 e. The van der Waals surface area contributed by atoms with Crippen molar-refractivity contribution in [2.45, 2.75) is 37.8 Å². The Morgan fingerprint density at radius 3 is 2.17 bits per heavy atom. The summed E-state index contributed by atoms with van der Waals surface area (Å²) in [6.45, 7) is 1.83. The highest BCUT2D eigenvalue weighted by Crippen LogP contribution is 2.35. The molecule has 3 aromatic rings. The molecular formula is C31H37FN4O4S. The molecule has 8 nitrogen and oxygen atoms in total. The van der Waals surface area contributed by atoms with Crippen LogP contribution >= 0.6 is 0 Å². The van der Waals surface area contributed by atoms with Gasteiger partial charge in [0.05, 0.1) is 18.7 Å². The number of carbonyl (C=O) groups excluding carboxylic acids is 1. The Labute approximate surface area is 241 Å². The molecule has 1 amide bonds. The number of nitrogens with zero attached hydrogens (tertiary/aromatic N) is 2. The van der Waals surface area contributed by atoms with Gasteiger partial charge in [0.2, 0.25) is 0 Å². The summed E-state index contributed by atoms with van der Waals surface area (Å²) in [5, 5.41) is 3.24. The zero-order valence-corrected chi connectivity index (χ0v) is 24.0. The first-order chi connectivity index (χ1) is 19.8. The number of benzene rings is 3. The first-order valence-corrected chi connectivity index (χ1v) is 15.5. The van der Waals surface area contributed by atoms with Crippen molar-refractivity contribution < 1.29 is 22.3 Å². The van der Waals surface area contributed by atoms with Crippen LogP contribution in [0.15, 0.2) is 78.9 Å². The van der Waals surface area contributed by atoms with Gasteiger partial charge in [-0.2, -0.15) is 17.4 Å². The second-order valence-electron chi connectivity index (χ2n) is 10.7. The van der Waals surface area contributed by atoms with E-state index in [1.807, 2.05) is 42.5 Å². The fourth-order valence-electron chi connectivity index (χ4n) is 5.88. The van der Waals surface area contributed by atoms with E-state index < -0.39 is 10.2 Å². The summed E-state index contributed by atoms with van der Waals surface area (Å²) in [7, 11) is -2.08. The van der Waals surface area contributed by atoms with Crippen LogP contribution in [0.3, 0.4) is 0 Å². The number of halogens is 1. The minimum Gasteiger partial charge on any atom is -0.496 e. The molecule has 10 heteroatoms. The number of amides is 1. The first kappa shape index (κ1) is 29.0. The van der Waals surface area contributed by atoms with Crippen molar-refractivity contribution in [2.75, 3.05) is 38.2 Å². The number of piperazine rings is 1. The molecule has 2 N–H and O–H groups in total. The predicted molar refractivity (Wildman–Crippen MR) is 158 cm³/mol. The lowest BCUT2D eigenvalue weighted by atomic mass is 9.79. The van der Waals surface area contributed by atoms with E-state index in [1.54, 1.807) is 31.4 Å². The van der Waals surface area contributed by atoms with Gasteiger partial charge >= 0.3 is 0 Å². The Hall–Kier alpha value is -3.47. The average Bonchev–Trinajstić information content (AvgIpc) is 3.01. The number of hydrogen-bond acceptors (Lipinski definition) is 5. The first-order valence-electron chi connectivity index (χ1n) is 14.1. The zero-order chi connectivity index (χ0) is 28.8. The molecule has 3 aromatic carbocycles. The Balaban J connectivity index is 1.19. The number of ether oxygens (including phenoxy) is 1. The topological polar surface area (TPSA) is 91.0 Å². The Bertz CT molecular complexity index is 1410. The van der Waals surface area contributed by atoms with Crippen LogP contribution < -0.4 is 19.7 Å². The van der Waals surface area contributed by atoms with Gasteiger partial charge in [-0.3, -0.25) is 4.79 Å². The lowest BCUT2D eigenvalue weighted by molar-refractivity contribution is 0.0907. The summed E-state index contributed by atoms with van der Waals surface area (Å²) in [4.78, 5) is 15.4. The van der Waals surface area contributed by atoms with E-state index >= 15 is 0 Å². The fourth-order valence-corrected chi connectivity index (χ4v) is 7.33. The Morgan fingerprint density at radius 2 is 1.51 bits per heavy atom. The standard InChI is InChI=1S/C31H37FN4O4S/c1-40-29-10-6-5-9-28(29)31(37)33-30(23-7-3-2-4-8-23)24-11-15-26(16-12-24)34-41(38,39)36-21-19-35(20-22-36)27-17-13-25(32)14-18-27/h2-10,13-14,17-18,24,26,30,34H,11-12,15-16,19-22H2,1H3,(H,33,37). The minimum absolute atomic E-state index is 0.160. The van der Waals surface area contributed by atoms with E-state index in [-0.39, 0.29) is 29.7 Å². The smallest absolute Gasteiger partial charge is 0.279 e. The van der Waals surface area contributed by atoms with Crippen LogP contribution in [0, 0.1) is 11.7 Å². The summed E-state index contributed by atoms with van der Waals surface area (Å²) in [6.07, 6.45) is 2.93. The maximum absolute atomic E-state index is 13.3. The predicted octanol–water partition coefficient (Wildman–Crippen LogP) is 4.52. The fraction of sp³-hybridized carbons (Fsp3) is 0.387. The van der Waals surface area contributed by atoms with Gasteiger partial charge in [-0.1, -0.05) is 42.5 Å². The third kappa shape index (κ3) is 7.06. The molecule has 5 rings (SSSR count). The van der Waals surface area contributed by atoms with Crippen LogP contribution in [0.25, 0.3) is 0 Å². The number of nitrogens with one attached hydrogen (secondary N) is 2. The van der Waals surface area contributed by atoms with Crippen LogP contribution in [0.1, 0.15) is 47.6 Å². The molecule has 1 aliphatic carbocycles. The molecular weight excluding hydrogens is 543 g/mol. The number of hydrogen-bond donors (Lipinski definition) is 2. The highest BCUT2D eigenvalue weighted by Gasteiger charge is 2.34. The molecule has 1 atom stereocenters. The van der Waals surface area contributed by atoms with Crippen molar-refractivity contribution in [3.05, 3.63) is 95.8 Å². The number of para-hydroxylation sites is 1. The van der Waals surface area contributed by atoms with E-state index in [0.717, 1.165) is 24.1 Å². The minimum atomic E-state index is -3.63. The number of anilines is 1.